The average Bonchev–Trinajstić information content (AvgIpc) is 2.71. The lowest BCUT2D eigenvalue weighted by Gasteiger charge is -2.15. The third-order valence-corrected chi connectivity index (χ3v) is 2.64. The first-order valence-electron chi connectivity index (χ1n) is 5.04. The van der Waals surface area contributed by atoms with E-state index in [0.717, 1.165) is 5.56 Å². The molecule has 0 bridgehead atoms. The molecule has 4 heteroatoms. The van der Waals surface area contributed by atoms with Crippen molar-refractivity contribution in [2.24, 2.45) is 5.92 Å². The quantitative estimate of drug-likeness (QED) is 0.708. The van der Waals surface area contributed by atoms with Crippen LogP contribution in [0.25, 0.3) is 0 Å². The predicted octanol–water partition coefficient (Wildman–Crippen LogP) is 1.46. The fourth-order valence-corrected chi connectivity index (χ4v) is 1.86. The Morgan fingerprint density at radius 2 is 2.06 bits per heavy atom. The smallest absolute Gasteiger partial charge is 0.313 e. The van der Waals surface area contributed by atoms with Crippen molar-refractivity contribution in [2.75, 3.05) is 7.11 Å². The summed E-state index contributed by atoms with van der Waals surface area (Å²) < 4.78 is 9.81. The van der Waals surface area contributed by atoms with E-state index < -0.39 is 18.0 Å². The zero-order valence-electron chi connectivity index (χ0n) is 8.88. The van der Waals surface area contributed by atoms with E-state index in [-0.39, 0.29) is 12.4 Å². The number of hydrogen-bond acceptors (Lipinski definition) is 4. The van der Waals surface area contributed by atoms with Crippen LogP contribution in [0.1, 0.15) is 18.1 Å². The van der Waals surface area contributed by atoms with Crippen LogP contribution in [0.5, 0.6) is 0 Å². The molecule has 1 fully saturated rings. The molecule has 84 valence electrons. The van der Waals surface area contributed by atoms with Gasteiger partial charge in [-0.05, 0) is 5.56 Å². The minimum absolute atomic E-state index is 0.0895. The molecule has 16 heavy (non-hydrogen) atoms. The average molecular weight is 220 g/mol. The normalized spacial score (nSPS) is 23.9. The highest BCUT2D eigenvalue weighted by molar-refractivity contribution is 5.83. The molecule has 0 amide bonds. The van der Waals surface area contributed by atoms with Crippen molar-refractivity contribution >= 4 is 11.9 Å². The van der Waals surface area contributed by atoms with E-state index >= 15 is 0 Å². The first kappa shape index (κ1) is 10.7. The van der Waals surface area contributed by atoms with Gasteiger partial charge in [-0.2, -0.15) is 0 Å². The maximum atomic E-state index is 11.5. The maximum absolute atomic E-state index is 11.5. The highest BCUT2D eigenvalue weighted by Gasteiger charge is 2.41. The van der Waals surface area contributed by atoms with E-state index in [1.807, 2.05) is 30.3 Å². The lowest BCUT2D eigenvalue weighted by Crippen LogP contribution is -2.19. The fourth-order valence-electron chi connectivity index (χ4n) is 1.86. The zero-order valence-corrected chi connectivity index (χ0v) is 8.88. The molecule has 0 aliphatic carbocycles. The second-order valence-electron chi connectivity index (χ2n) is 3.65. The Kier molecular flexibility index (Phi) is 2.90. The van der Waals surface area contributed by atoms with E-state index in [2.05, 4.69) is 4.74 Å². The molecule has 1 aromatic carbocycles. The summed E-state index contributed by atoms with van der Waals surface area (Å²) in [6, 6.07) is 9.22. The molecule has 2 rings (SSSR count). The van der Waals surface area contributed by atoms with E-state index in [9.17, 15) is 9.59 Å². The van der Waals surface area contributed by atoms with E-state index in [4.69, 9.17) is 4.74 Å². The van der Waals surface area contributed by atoms with Crippen molar-refractivity contribution in [3.8, 4) is 0 Å². The highest BCUT2D eigenvalue weighted by Crippen LogP contribution is 2.35. The SMILES string of the molecule is COC(=O)[C@@H]1CC(=O)O[C@H]1c1ccccc1. The Bertz CT molecular complexity index is 399. The molecule has 0 saturated carbocycles. The Morgan fingerprint density at radius 1 is 1.38 bits per heavy atom. The van der Waals surface area contributed by atoms with Crippen LogP contribution in [0.3, 0.4) is 0 Å². The van der Waals surface area contributed by atoms with Gasteiger partial charge in [0.25, 0.3) is 0 Å². The van der Waals surface area contributed by atoms with Crippen molar-refractivity contribution in [3.05, 3.63) is 35.9 Å². The molecule has 0 unspecified atom stereocenters. The number of hydrogen-bond donors (Lipinski definition) is 0. The summed E-state index contributed by atoms with van der Waals surface area (Å²) in [4.78, 5) is 22.7. The fraction of sp³-hybridized carbons (Fsp3) is 0.333. The summed E-state index contributed by atoms with van der Waals surface area (Å²) in [5.41, 5.74) is 0.823. The van der Waals surface area contributed by atoms with Crippen LogP contribution < -0.4 is 0 Å². The van der Waals surface area contributed by atoms with Crippen molar-refractivity contribution < 1.29 is 19.1 Å². The van der Waals surface area contributed by atoms with Gasteiger partial charge in [-0.3, -0.25) is 9.59 Å². The number of methoxy groups -OCH3 is 1. The molecule has 0 aromatic heterocycles. The number of benzene rings is 1. The molecule has 2 atom stereocenters. The van der Waals surface area contributed by atoms with Gasteiger partial charge in [-0.25, -0.2) is 0 Å². The Balaban J connectivity index is 2.26. The molecule has 0 spiro atoms. The zero-order chi connectivity index (χ0) is 11.5. The second kappa shape index (κ2) is 4.35. The van der Waals surface area contributed by atoms with Crippen LogP contribution in [0.4, 0.5) is 0 Å². The maximum Gasteiger partial charge on any atom is 0.313 e. The lowest BCUT2D eigenvalue weighted by molar-refractivity contribution is -0.147. The van der Waals surface area contributed by atoms with Crippen LogP contribution in [0, 0.1) is 5.92 Å². The molecule has 1 aliphatic heterocycles. The standard InChI is InChI=1S/C12H12O4/c1-15-12(14)9-7-10(13)16-11(9)8-5-3-2-4-6-8/h2-6,9,11H,7H2,1H3/t9-,11+/m1/s1. The van der Waals surface area contributed by atoms with Gasteiger partial charge in [-0.15, -0.1) is 0 Å². The lowest BCUT2D eigenvalue weighted by atomic mass is 9.95. The van der Waals surface area contributed by atoms with E-state index in [0.29, 0.717) is 0 Å². The number of ether oxygens (including phenoxy) is 2. The van der Waals surface area contributed by atoms with Gasteiger partial charge >= 0.3 is 11.9 Å². The molecule has 1 aromatic rings. The van der Waals surface area contributed by atoms with Crippen molar-refractivity contribution in [3.63, 3.8) is 0 Å². The Hall–Kier alpha value is -1.84. The van der Waals surface area contributed by atoms with E-state index in [1.54, 1.807) is 0 Å². The van der Waals surface area contributed by atoms with Crippen molar-refractivity contribution in [1.29, 1.82) is 0 Å². The Morgan fingerprint density at radius 3 is 2.69 bits per heavy atom. The van der Waals surface area contributed by atoms with Gasteiger partial charge in [0, 0.05) is 0 Å². The number of carbonyl (C=O) groups excluding carboxylic acids is 2. The molecule has 0 N–H and O–H groups in total. The summed E-state index contributed by atoms with van der Waals surface area (Å²) >= 11 is 0. The summed E-state index contributed by atoms with van der Waals surface area (Å²) in [5, 5.41) is 0. The number of cyclic esters (lactones) is 1. The second-order valence-corrected chi connectivity index (χ2v) is 3.65. The molecule has 1 aliphatic rings. The van der Waals surface area contributed by atoms with Crippen molar-refractivity contribution in [1.82, 2.24) is 0 Å². The summed E-state index contributed by atoms with van der Waals surface area (Å²) in [6.07, 6.45) is -0.423. The number of carbonyl (C=O) groups is 2. The predicted molar refractivity (Wildman–Crippen MR) is 55.4 cm³/mol. The highest BCUT2D eigenvalue weighted by atomic mass is 16.6. The Labute approximate surface area is 93.2 Å². The van der Waals surface area contributed by atoms with Gasteiger partial charge < -0.3 is 9.47 Å². The number of rotatable bonds is 2. The third-order valence-electron chi connectivity index (χ3n) is 2.64. The van der Waals surface area contributed by atoms with Gasteiger partial charge in [-0.1, -0.05) is 30.3 Å². The molecule has 0 radical (unpaired) electrons. The van der Waals surface area contributed by atoms with Crippen LogP contribution >= 0.6 is 0 Å². The van der Waals surface area contributed by atoms with Gasteiger partial charge in [0.15, 0.2) is 0 Å². The summed E-state index contributed by atoms with van der Waals surface area (Å²) in [7, 11) is 1.31. The first-order valence-corrected chi connectivity index (χ1v) is 5.04. The monoisotopic (exact) mass is 220 g/mol. The molecule has 4 nitrogen and oxygen atoms in total. The van der Waals surface area contributed by atoms with Crippen LogP contribution in [0.2, 0.25) is 0 Å². The third kappa shape index (κ3) is 1.91. The van der Waals surface area contributed by atoms with Crippen LogP contribution in [0.15, 0.2) is 30.3 Å². The molecule has 1 saturated heterocycles. The summed E-state index contributed by atoms with van der Waals surface area (Å²) in [5.74, 6) is -1.29. The van der Waals surface area contributed by atoms with Crippen LogP contribution in [-0.2, 0) is 19.1 Å². The topological polar surface area (TPSA) is 52.6 Å². The molecular weight excluding hydrogens is 208 g/mol. The van der Waals surface area contributed by atoms with Gasteiger partial charge in [0.05, 0.1) is 13.5 Å². The largest absolute Gasteiger partial charge is 0.469 e. The van der Waals surface area contributed by atoms with E-state index in [1.165, 1.54) is 7.11 Å². The molecule has 1 heterocycles. The minimum atomic E-state index is -0.528. The summed E-state index contributed by atoms with van der Waals surface area (Å²) in [6.45, 7) is 0. The van der Waals surface area contributed by atoms with Crippen molar-refractivity contribution in [2.45, 2.75) is 12.5 Å². The first-order chi connectivity index (χ1) is 7.72. The molecular formula is C12H12O4. The minimum Gasteiger partial charge on any atom is -0.469 e. The van der Waals surface area contributed by atoms with Gasteiger partial charge in [0.2, 0.25) is 0 Å². The van der Waals surface area contributed by atoms with Gasteiger partial charge in [0.1, 0.15) is 12.0 Å². The van der Waals surface area contributed by atoms with Crippen LogP contribution in [-0.4, -0.2) is 19.0 Å². The number of esters is 2.